The van der Waals surface area contributed by atoms with Gasteiger partial charge in [0.15, 0.2) is 0 Å². The smallest absolute Gasteiger partial charge is 0.276 e. The molecule has 0 fully saturated rings. The van der Waals surface area contributed by atoms with Crippen molar-refractivity contribution in [1.82, 2.24) is 4.98 Å². The Labute approximate surface area is 152 Å². The molecule has 4 nitrogen and oxygen atoms in total. The monoisotopic (exact) mass is 349 g/mol. The maximum atomic E-state index is 13.8. The molecule has 0 atom stereocenters. The summed E-state index contributed by atoms with van der Waals surface area (Å²) in [7, 11) is 0. The van der Waals surface area contributed by atoms with Crippen LogP contribution in [0.3, 0.4) is 0 Å². The van der Waals surface area contributed by atoms with E-state index in [1.54, 1.807) is 41.4 Å². The van der Waals surface area contributed by atoms with Crippen molar-refractivity contribution in [2.75, 3.05) is 16.8 Å². The SMILES string of the molecule is CCN(C(=O)c1cc(Nc2ccccc2F)ccn1)c1cccc(C)c1. The van der Waals surface area contributed by atoms with Crippen LogP contribution in [0.5, 0.6) is 0 Å². The average molecular weight is 349 g/mol. The minimum absolute atomic E-state index is 0.199. The van der Waals surface area contributed by atoms with Gasteiger partial charge in [-0.25, -0.2) is 4.39 Å². The fraction of sp³-hybridized carbons (Fsp3) is 0.143. The molecule has 26 heavy (non-hydrogen) atoms. The van der Waals surface area contributed by atoms with Crippen LogP contribution >= 0.6 is 0 Å². The first-order valence-corrected chi connectivity index (χ1v) is 8.44. The maximum absolute atomic E-state index is 13.8. The van der Waals surface area contributed by atoms with Crippen LogP contribution in [0.25, 0.3) is 0 Å². The van der Waals surface area contributed by atoms with Crippen molar-refractivity contribution in [3.8, 4) is 0 Å². The molecular weight excluding hydrogens is 329 g/mol. The molecule has 132 valence electrons. The van der Waals surface area contributed by atoms with Gasteiger partial charge in [0.2, 0.25) is 0 Å². The van der Waals surface area contributed by atoms with Crippen molar-refractivity contribution in [3.05, 3.63) is 83.9 Å². The second-order valence-electron chi connectivity index (χ2n) is 5.92. The lowest BCUT2D eigenvalue weighted by Gasteiger charge is -2.21. The van der Waals surface area contributed by atoms with Gasteiger partial charge in [0.1, 0.15) is 11.5 Å². The number of hydrogen-bond acceptors (Lipinski definition) is 3. The fourth-order valence-corrected chi connectivity index (χ4v) is 2.72. The van der Waals surface area contributed by atoms with Gasteiger partial charge >= 0.3 is 0 Å². The number of halogens is 1. The topological polar surface area (TPSA) is 45.2 Å². The van der Waals surface area contributed by atoms with Gasteiger partial charge in [0.05, 0.1) is 5.69 Å². The Morgan fingerprint density at radius 1 is 1.12 bits per heavy atom. The summed E-state index contributed by atoms with van der Waals surface area (Å²) >= 11 is 0. The predicted molar refractivity (Wildman–Crippen MR) is 102 cm³/mol. The summed E-state index contributed by atoms with van der Waals surface area (Å²) in [5, 5.41) is 2.99. The number of rotatable bonds is 5. The molecule has 0 aliphatic carbocycles. The molecule has 1 N–H and O–H groups in total. The highest BCUT2D eigenvalue weighted by Gasteiger charge is 2.18. The minimum Gasteiger partial charge on any atom is -0.353 e. The van der Waals surface area contributed by atoms with Gasteiger partial charge in [-0.15, -0.1) is 0 Å². The molecule has 0 aliphatic rings. The summed E-state index contributed by atoms with van der Waals surface area (Å²) in [6.45, 7) is 4.43. The molecule has 0 unspecified atom stereocenters. The molecule has 1 amide bonds. The number of amides is 1. The molecule has 5 heteroatoms. The first-order chi connectivity index (χ1) is 12.6. The molecule has 0 spiro atoms. The lowest BCUT2D eigenvalue weighted by Crippen LogP contribution is -2.31. The summed E-state index contributed by atoms with van der Waals surface area (Å²) in [5.74, 6) is -0.553. The number of anilines is 3. The van der Waals surface area contributed by atoms with Crippen LogP contribution in [0.2, 0.25) is 0 Å². The number of nitrogens with one attached hydrogen (secondary N) is 1. The lowest BCUT2D eigenvalue weighted by atomic mass is 10.2. The van der Waals surface area contributed by atoms with E-state index >= 15 is 0 Å². The molecule has 0 bridgehead atoms. The van der Waals surface area contributed by atoms with E-state index in [1.165, 1.54) is 6.07 Å². The average Bonchev–Trinajstić information content (AvgIpc) is 2.64. The highest BCUT2D eigenvalue weighted by Crippen LogP contribution is 2.22. The van der Waals surface area contributed by atoms with Crippen LogP contribution in [0.1, 0.15) is 23.0 Å². The van der Waals surface area contributed by atoms with Gasteiger partial charge < -0.3 is 10.2 Å². The zero-order valence-electron chi connectivity index (χ0n) is 14.7. The van der Waals surface area contributed by atoms with Crippen molar-refractivity contribution in [2.45, 2.75) is 13.8 Å². The van der Waals surface area contributed by atoms with E-state index in [2.05, 4.69) is 10.3 Å². The maximum Gasteiger partial charge on any atom is 0.276 e. The highest BCUT2D eigenvalue weighted by atomic mass is 19.1. The van der Waals surface area contributed by atoms with Gasteiger partial charge in [-0.1, -0.05) is 24.3 Å². The summed E-state index contributed by atoms with van der Waals surface area (Å²) in [6, 6.07) is 17.5. The first kappa shape index (κ1) is 17.6. The molecule has 2 aromatic carbocycles. The zero-order valence-corrected chi connectivity index (χ0v) is 14.7. The molecule has 1 aromatic heterocycles. The molecule has 0 radical (unpaired) electrons. The van der Waals surface area contributed by atoms with Crippen molar-refractivity contribution in [2.24, 2.45) is 0 Å². The van der Waals surface area contributed by atoms with Crippen LogP contribution in [0.15, 0.2) is 66.9 Å². The standard InChI is InChI=1S/C21H20FN3O/c1-3-25(17-8-6-7-15(2)13-17)21(26)20-14-16(11-12-23-20)24-19-10-5-4-9-18(19)22/h4-14H,3H2,1-2H3,(H,23,24). The van der Waals surface area contributed by atoms with E-state index < -0.39 is 0 Å². The van der Waals surface area contributed by atoms with Gasteiger partial charge in [0.25, 0.3) is 5.91 Å². The van der Waals surface area contributed by atoms with E-state index in [0.717, 1.165) is 11.3 Å². The Morgan fingerprint density at radius 3 is 2.65 bits per heavy atom. The number of carbonyl (C=O) groups is 1. The van der Waals surface area contributed by atoms with Crippen molar-refractivity contribution in [3.63, 3.8) is 0 Å². The Balaban J connectivity index is 1.86. The van der Waals surface area contributed by atoms with Crippen LogP contribution in [0, 0.1) is 12.7 Å². The molecule has 3 rings (SSSR count). The Hall–Kier alpha value is -3.21. The van der Waals surface area contributed by atoms with Crippen LogP contribution in [-0.4, -0.2) is 17.4 Å². The number of benzene rings is 2. The van der Waals surface area contributed by atoms with E-state index in [9.17, 15) is 9.18 Å². The summed E-state index contributed by atoms with van der Waals surface area (Å²) in [4.78, 5) is 18.8. The fourth-order valence-electron chi connectivity index (χ4n) is 2.72. The predicted octanol–water partition coefficient (Wildman–Crippen LogP) is 4.94. The lowest BCUT2D eigenvalue weighted by molar-refractivity contribution is 0.0983. The molecular formula is C21H20FN3O. The summed E-state index contributed by atoms with van der Waals surface area (Å²) < 4.78 is 13.8. The number of aromatic nitrogens is 1. The third kappa shape index (κ3) is 3.88. The normalized spacial score (nSPS) is 10.4. The van der Waals surface area contributed by atoms with E-state index in [4.69, 9.17) is 0 Å². The van der Waals surface area contributed by atoms with Crippen LogP contribution in [0.4, 0.5) is 21.5 Å². The zero-order chi connectivity index (χ0) is 18.5. The molecule has 1 heterocycles. The Kier molecular flexibility index (Phi) is 5.27. The first-order valence-electron chi connectivity index (χ1n) is 8.44. The number of hydrogen-bond donors (Lipinski definition) is 1. The minimum atomic E-state index is -0.355. The van der Waals surface area contributed by atoms with Gasteiger partial charge in [-0.2, -0.15) is 0 Å². The number of carbonyl (C=O) groups excluding carboxylic acids is 1. The van der Waals surface area contributed by atoms with Gasteiger partial charge in [0, 0.05) is 24.1 Å². The van der Waals surface area contributed by atoms with Crippen molar-refractivity contribution in [1.29, 1.82) is 0 Å². The number of para-hydroxylation sites is 1. The van der Waals surface area contributed by atoms with Crippen LogP contribution < -0.4 is 10.2 Å². The Bertz CT molecular complexity index is 926. The number of nitrogens with zero attached hydrogens (tertiary/aromatic N) is 2. The highest BCUT2D eigenvalue weighted by molar-refractivity contribution is 6.05. The van der Waals surface area contributed by atoms with Gasteiger partial charge in [-0.05, 0) is 55.8 Å². The third-order valence-electron chi connectivity index (χ3n) is 4.01. The molecule has 0 aliphatic heterocycles. The molecule has 0 saturated carbocycles. The largest absolute Gasteiger partial charge is 0.353 e. The van der Waals surface area contributed by atoms with Gasteiger partial charge in [-0.3, -0.25) is 9.78 Å². The third-order valence-corrected chi connectivity index (χ3v) is 4.01. The number of aryl methyl sites for hydroxylation is 1. The second kappa shape index (κ2) is 7.78. The van der Waals surface area contributed by atoms with Crippen LogP contribution in [-0.2, 0) is 0 Å². The summed E-state index contributed by atoms with van der Waals surface area (Å²) in [5.41, 5.74) is 3.16. The molecule has 3 aromatic rings. The molecule has 0 saturated heterocycles. The van der Waals surface area contributed by atoms with E-state index in [1.807, 2.05) is 38.1 Å². The van der Waals surface area contributed by atoms with Crippen molar-refractivity contribution < 1.29 is 9.18 Å². The number of pyridine rings is 1. The second-order valence-corrected chi connectivity index (χ2v) is 5.92. The van der Waals surface area contributed by atoms with E-state index in [-0.39, 0.29) is 11.7 Å². The van der Waals surface area contributed by atoms with E-state index in [0.29, 0.717) is 23.6 Å². The summed E-state index contributed by atoms with van der Waals surface area (Å²) in [6.07, 6.45) is 1.54. The van der Waals surface area contributed by atoms with Crippen molar-refractivity contribution >= 4 is 23.0 Å². The Morgan fingerprint density at radius 2 is 1.92 bits per heavy atom. The quantitative estimate of drug-likeness (QED) is 0.710.